The van der Waals surface area contributed by atoms with Crippen LogP contribution in [0.2, 0.25) is 0 Å². The molecule has 6 rings (SSSR count). The standard InChI is InChI=1S/C33H40N2O9.ClH/c1-38-19-7-8-20-21-9-10-35-16-18-13-27(44-32(36)17-11-25(39-2)30(41-4)26(12-17)40-3)31(42-5)28(33(37)43-6)22(18)15-24(35)29(21)34-23(20)14-19;/h7-8,11-12,14,18,22,24,27-28,31,34H,9-10,13,15-16H2,1-6H3;1H/t18-,22+,24-,27-,28+,31+;/m1./s1. The summed E-state index contributed by atoms with van der Waals surface area (Å²) in [5.41, 5.74) is 3.83. The third-order valence-electron chi connectivity index (χ3n) is 9.76. The molecule has 45 heavy (non-hydrogen) atoms. The lowest BCUT2D eigenvalue weighted by molar-refractivity contribution is -0.176. The number of esters is 2. The lowest BCUT2D eigenvalue weighted by atomic mass is 9.63. The number of halogens is 1. The molecule has 2 aromatic carbocycles. The van der Waals surface area contributed by atoms with E-state index in [1.807, 2.05) is 12.1 Å². The number of methoxy groups -OCH3 is 6. The van der Waals surface area contributed by atoms with Crippen molar-refractivity contribution in [3.63, 3.8) is 0 Å². The quantitative estimate of drug-likeness (QED) is 0.349. The second-order valence-corrected chi connectivity index (χ2v) is 11.7. The molecule has 2 fully saturated rings. The largest absolute Gasteiger partial charge is 0.497 e. The highest BCUT2D eigenvalue weighted by Crippen LogP contribution is 2.51. The third-order valence-corrected chi connectivity index (χ3v) is 9.76. The van der Waals surface area contributed by atoms with Crippen LogP contribution in [0.25, 0.3) is 10.9 Å². The van der Waals surface area contributed by atoms with Gasteiger partial charge in [0, 0.05) is 42.9 Å². The topological polar surface area (TPSA) is 118 Å². The monoisotopic (exact) mass is 644 g/mol. The highest BCUT2D eigenvalue weighted by molar-refractivity contribution is 5.91. The van der Waals surface area contributed by atoms with Gasteiger partial charge >= 0.3 is 11.9 Å². The van der Waals surface area contributed by atoms with Crippen LogP contribution in [0.4, 0.5) is 0 Å². The van der Waals surface area contributed by atoms with E-state index in [9.17, 15) is 9.59 Å². The lowest BCUT2D eigenvalue weighted by Gasteiger charge is -2.52. The number of carbonyl (C=O) groups excluding carboxylic acids is 2. The molecule has 1 aromatic heterocycles. The molecule has 6 atom stereocenters. The molecular formula is C33H41ClN2O9. The minimum Gasteiger partial charge on any atom is -0.497 e. The first-order valence-corrected chi connectivity index (χ1v) is 14.9. The summed E-state index contributed by atoms with van der Waals surface area (Å²) in [5, 5.41) is 1.21. The molecule has 11 nitrogen and oxygen atoms in total. The summed E-state index contributed by atoms with van der Waals surface area (Å²) in [6.07, 6.45) is 0.920. The number of aromatic amines is 1. The number of hydrogen-bond donors (Lipinski definition) is 1. The Labute approximate surface area is 268 Å². The van der Waals surface area contributed by atoms with Gasteiger partial charge in [0.05, 0.1) is 53.1 Å². The van der Waals surface area contributed by atoms with E-state index in [1.54, 1.807) is 26.4 Å². The van der Waals surface area contributed by atoms with Crippen molar-refractivity contribution >= 4 is 35.2 Å². The highest BCUT2D eigenvalue weighted by atomic mass is 35.5. The SMILES string of the molecule is COC(=O)[C@H]1[C@H]2C[C@@H]3c4[nH]c5cc(OC)ccc5c4CCN3C[C@H]2C[C@@H](OC(=O)c2cc(OC)c(OC)c(OC)c2)[C@@H]1OC.Cl. The van der Waals surface area contributed by atoms with Gasteiger partial charge < -0.3 is 38.1 Å². The maximum atomic E-state index is 13.5. The zero-order valence-corrected chi connectivity index (χ0v) is 27.2. The molecule has 1 N–H and O–H groups in total. The van der Waals surface area contributed by atoms with Gasteiger partial charge in [0.25, 0.3) is 0 Å². The number of ether oxygens (including phenoxy) is 7. The maximum Gasteiger partial charge on any atom is 0.338 e. The van der Waals surface area contributed by atoms with Crippen LogP contribution < -0.4 is 18.9 Å². The first kappa shape index (κ1) is 32.7. The van der Waals surface area contributed by atoms with Crippen molar-refractivity contribution in [2.45, 2.75) is 37.5 Å². The van der Waals surface area contributed by atoms with Crippen LogP contribution in [0.1, 0.15) is 40.5 Å². The summed E-state index contributed by atoms with van der Waals surface area (Å²) >= 11 is 0. The van der Waals surface area contributed by atoms with E-state index in [-0.39, 0.29) is 41.8 Å². The number of H-pyrrole nitrogens is 1. The molecule has 0 spiro atoms. The van der Waals surface area contributed by atoms with Gasteiger partial charge in [-0.2, -0.15) is 0 Å². The van der Waals surface area contributed by atoms with Crippen molar-refractivity contribution < 1.29 is 42.7 Å². The summed E-state index contributed by atoms with van der Waals surface area (Å²) in [4.78, 5) is 33.1. The molecule has 12 heteroatoms. The lowest BCUT2D eigenvalue weighted by Crippen LogP contribution is -2.58. The predicted octanol–water partition coefficient (Wildman–Crippen LogP) is 4.59. The molecular weight excluding hydrogens is 604 g/mol. The van der Waals surface area contributed by atoms with Gasteiger partial charge in [-0.05, 0) is 60.9 Å². The van der Waals surface area contributed by atoms with E-state index in [0.29, 0.717) is 23.7 Å². The molecule has 0 radical (unpaired) electrons. The Bertz CT molecular complexity index is 1530. The van der Waals surface area contributed by atoms with Crippen molar-refractivity contribution in [3.8, 4) is 23.0 Å². The van der Waals surface area contributed by atoms with Crippen LogP contribution in [0, 0.1) is 17.8 Å². The Morgan fingerprint density at radius 2 is 1.64 bits per heavy atom. The fourth-order valence-corrected chi connectivity index (χ4v) is 7.76. The molecule has 0 amide bonds. The fourth-order valence-electron chi connectivity index (χ4n) is 7.76. The smallest absolute Gasteiger partial charge is 0.338 e. The number of rotatable bonds is 8. The Balaban J connectivity index is 0.00000400. The van der Waals surface area contributed by atoms with E-state index in [4.69, 9.17) is 33.2 Å². The third kappa shape index (κ3) is 5.66. The average molecular weight is 645 g/mol. The fraction of sp³-hybridized carbons (Fsp3) is 0.515. The van der Waals surface area contributed by atoms with E-state index in [1.165, 1.54) is 45.1 Å². The van der Waals surface area contributed by atoms with Crippen molar-refractivity contribution in [3.05, 3.63) is 47.2 Å². The highest BCUT2D eigenvalue weighted by Gasteiger charge is 2.54. The van der Waals surface area contributed by atoms with E-state index in [2.05, 4.69) is 16.0 Å². The number of piperidine rings is 1. The Kier molecular flexibility index (Phi) is 9.71. The molecule has 1 saturated heterocycles. The minimum absolute atomic E-state index is 0. The molecule has 1 aliphatic carbocycles. The van der Waals surface area contributed by atoms with Crippen LogP contribution in [-0.4, -0.2) is 89.8 Å². The second-order valence-electron chi connectivity index (χ2n) is 11.7. The van der Waals surface area contributed by atoms with Crippen LogP contribution in [-0.2, 0) is 25.4 Å². The Morgan fingerprint density at radius 3 is 2.27 bits per heavy atom. The molecule has 2 aliphatic heterocycles. The molecule has 3 heterocycles. The van der Waals surface area contributed by atoms with Crippen LogP contribution in [0.3, 0.4) is 0 Å². The predicted molar refractivity (Wildman–Crippen MR) is 168 cm³/mol. The van der Waals surface area contributed by atoms with Crippen LogP contribution in [0.5, 0.6) is 23.0 Å². The average Bonchev–Trinajstić information content (AvgIpc) is 3.43. The summed E-state index contributed by atoms with van der Waals surface area (Å²) in [5.74, 6) is 0.441. The van der Waals surface area contributed by atoms with Gasteiger partial charge in [-0.15, -0.1) is 12.4 Å². The van der Waals surface area contributed by atoms with Crippen molar-refractivity contribution in [2.24, 2.45) is 17.8 Å². The number of benzene rings is 2. The van der Waals surface area contributed by atoms with Gasteiger partial charge in [0.15, 0.2) is 11.5 Å². The number of carbonyl (C=O) groups is 2. The molecule has 244 valence electrons. The minimum atomic E-state index is -0.670. The Morgan fingerprint density at radius 1 is 0.911 bits per heavy atom. The zero-order chi connectivity index (χ0) is 31.1. The number of aromatic nitrogens is 1. The van der Waals surface area contributed by atoms with Gasteiger partial charge in [-0.1, -0.05) is 0 Å². The number of nitrogens with zero attached hydrogens (tertiary/aromatic N) is 1. The zero-order valence-electron chi connectivity index (χ0n) is 26.4. The number of hydrogen-bond acceptors (Lipinski definition) is 10. The normalized spacial score (nSPS) is 25.6. The van der Waals surface area contributed by atoms with E-state index >= 15 is 0 Å². The van der Waals surface area contributed by atoms with Crippen molar-refractivity contribution in [1.29, 1.82) is 0 Å². The van der Waals surface area contributed by atoms with Gasteiger partial charge in [0.1, 0.15) is 18.0 Å². The summed E-state index contributed by atoms with van der Waals surface area (Å²) in [7, 11) is 9.10. The molecule has 3 aliphatic rings. The second kappa shape index (κ2) is 13.4. The van der Waals surface area contributed by atoms with Crippen LogP contribution >= 0.6 is 12.4 Å². The number of fused-ring (bicyclic) bond motifs is 6. The van der Waals surface area contributed by atoms with E-state index in [0.717, 1.165) is 37.2 Å². The molecule has 0 bridgehead atoms. The molecule has 3 aromatic rings. The van der Waals surface area contributed by atoms with Gasteiger partial charge in [-0.3, -0.25) is 9.69 Å². The number of nitrogens with one attached hydrogen (secondary N) is 1. The van der Waals surface area contributed by atoms with Crippen molar-refractivity contribution in [2.75, 3.05) is 55.7 Å². The van der Waals surface area contributed by atoms with Crippen molar-refractivity contribution in [1.82, 2.24) is 9.88 Å². The van der Waals surface area contributed by atoms with E-state index < -0.39 is 24.1 Å². The first-order valence-electron chi connectivity index (χ1n) is 14.9. The summed E-state index contributed by atoms with van der Waals surface area (Å²) < 4.78 is 39.1. The Hall–Kier alpha value is -3.67. The first-order chi connectivity index (χ1) is 21.3. The molecule has 0 unspecified atom stereocenters. The van der Waals surface area contributed by atoms with Gasteiger partial charge in [0.2, 0.25) is 5.75 Å². The molecule has 1 saturated carbocycles. The summed E-state index contributed by atoms with van der Waals surface area (Å²) in [6.45, 7) is 1.68. The van der Waals surface area contributed by atoms with Gasteiger partial charge in [-0.25, -0.2) is 4.79 Å². The van der Waals surface area contributed by atoms with Crippen LogP contribution in [0.15, 0.2) is 30.3 Å². The summed E-state index contributed by atoms with van der Waals surface area (Å²) in [6, 6.07) is 9.40. The maximum absolute atomic E-state index is 13.5.